The Balaban J connectivity index is 0.00000208. The Bertz CT molecular complexity index is 443. The topological polar surface area (TPSA) is 48.9 Å². The van der Waals surface area contributed by atoms with E-state index in [1.807, 2.05) is 0 Å². The molecule has 24 heavy (non-hydrogen) atoms. The summed E-state index contributed by atoms with van der Waals surface area (Å²) in [5, 5.41) is 7.15. The van der Waals surface area contributed by atoms with Crippen LogP contribution in [0.1, 0.15) is 40.0 Å². The van der Waals surface area contributed by atoms with Gasteiger partial charge in [0.1, 0.15) is 0 Å². The Labute approximate surface area is 164 Å². The highest BCUT2D eigenvalue weighted by Gasteiger charge is 2.59. The Morgan fingerprint density at radius 3 is 2.83 bits per heavy atom. The first-order valence-electron chi connectivity index (χ1n) is 9.37. The molecule has 0 radical (unpaired) electrons. The van der Waals surface area contributed by atoms with E-state index in [1.165, 1.54) is 32.4 Å². The summed E-state index contributed by atoms with van der Waals surface area (Å²) in [6.45, 7) is 11.9. The molecule has 140 valence electrons. The number of fused-ring (bicyclic) bond motifs is 1. The van der Waals surface area contributed by atoms with Crippen LogP contribution in [0.25, 0.3) is 0 Å². The molecule has 2 N–H and O–H groups in total. The van der Waals surface area contributed by atoms with Crippen LogP contribution in [0.5, 0.6) is 0 Å². The van der Waals surface area contributed by atoms with Gasteiger partial charge in [-0.25, -0.2) is 0 Å². The monoisotopic (exact) mass is 450 g/mol. The average Bonchev–Trinajstić information content (AvgIpc) is 2.97. The number of hydrogen-bond donors (Lipinski definition) is 2. The average molecular weight is 450 g/mol. The third-order valence-electron chi connectivity index (χ3n) is 5.97. The van der Waals surface area contributed by atoms with Crippen molar-refractivity contribution < 1.29 is 4.74 Å². The Morgan fingerprint density at radius 2 is 2.12 bits per heavy atom. The minimum absolute atomic E-state index is 0. The molecular weight excluding hydrogens is 415 g/mol. The highest BCUT2D eigenvalue weighted by Crippen LogP contribution is 2.52. The Hall–Kier alpha value is -0.0800. The van der Waals surface area contributed by atoms with Crippen LogP contribution < -0.4 is 10.6 Å². The van der Waals surface area contributed by atoms with Crippen LogP contribution in [0.15, 0.2) is 4.99 Å². The van der Waals surface area contributed by atoms with Gasteiger partial charge in [-0.1, -0.05) is 13.8 Å². The summed E-state index contributed by atoms with van der Waals surface area (Å²) in [6, 6.07) is 0.474. The smallest absolute Gasteiger partial charge is 0.191 e. The van der Waals surface area contributed by atoms with Gasteiger partial charge in [0, 0.05) is 43.6 Å². The molecule has 0 aromatic rings. The van der Waals surface area contributed by atoms with Gasteiger partial charge in [-0.3, -0.25) is 4.99 Å². The van der Waals surface area contributed by atoms with Crippen LogP contribution >= 0.6 is 24.0 Å². The van der Waals surface area contributed by atoms with Gasteiger partial charge in [-0.2, -0.15) is 0 Å². The predicted octanol–water partition coefficient (Wildman–Crippen LogP) is 2.31. The maximum absolute atomic E-state index is 5.90. The SMILES string of the molecule is CCNC(=NCC1CCCN(C)C1)NC1C2CCOC2C1(C)C.I. The van der Waals surface area contributed by atoms with Gasteiger partial charge in [-0.05, 0) is 45.7 Å². The minimum Gasteiger partial charge on any atom is -0.377 e. The zero-order chi connectivity index (χ0) is 16.4. The summed E-state index contributed by atoms with van der Waals surface area (Å²) in [6.07, 6.45) is 4.21. The van der Waals surface area contributed by atoms with Gasteiger partial charge in [-0.15, -0.1) is 24.0 Å². The third kappa shape index (κ3) is 4.18. The number of halogens is 1. The fourth-order valence-corrected chi connectivity index (χ4v) is 4.73. The number of rotatable bonds is 4. The number of likely N-dealkylation sites (tertiary alicyclic amines) is 1. The number of aliphatic imine (C=N–C) groups is 1. The molecule has 3 rings (SSSR count). The predicted molar refractivity (Wildman–Crippen MR) is 110 cm³/mol. The molecule has 3 aliphatic rings. The number of guanidine groups is 1. The fourth-order valence-electron chi connectivity index (χ4n) is 4.73. The third-order valence-corrected chi connectivity index (χ3v) is 5.97. The molecule has 6 heteroatoms. The molecule has 2 heterocycles. The van der Waals surface area contributed by atoms with Crippen molar-refractivity contribution in [2.75, 3.05) is 39.8 Å². The van der Waals surface area contributed by atoms with E-state index in [9.17, 15) is 0 Å². The van der Waals surface area contributed by atoms with Crippen molar-refractivity contribution in [1.29, 1.82) is 0 Å². The molecule has 2 saturated heterocycles. The van der Waals surface area contributed by atoms with Gasteiger partial charge in [0.2, 0.25) is 0 Å². The van der Waals surface area contributed by atoms with Crippen LogP contribution in [-0.4, -0.2) is 62.8 Å². The molecule has 5 nitrogen and oxygen atoms in total. The fraction of sp³-hybridized carbons (Fsp3) is 0.944. The van der Waals surface area contributed by atoms with E-state index >= 15 is 0 Å². The molecule has 0 amide bonds. The molecule has 4 unspecified atom stereocenters. The van der Waals surface area contributed by atoms with Crippen molar-refractivity contribution in [1.82, 2.24) is 15.5 Å². The number of piperidine rings is 1. The number of ether oxygens (including phenoxy) is 1. The van der Waals surface area contributed by atoms with Crippen molar-refractivity contribution in [3.63, 3.8) is 0 Å². The van der Waals surface area contributed by atoms with Gasteiger partial charge in [0.25, 0.3) is 0 Å². The summed E-state index contributed by atoms with van der Waals surface area (Å²) in [7, 11) is 2.22. The number of nitrogens with one attached hydrogen (secondary N) is 2. The first-order chi connectivity index (χ1) is 11.0. The summed E-state index contributed by atoms with van der Waals surface area (Å²) in [5.41, 5.74) is 0.197. The van der Waals surface area contributed by atoms with Crippen molar-refractivity contribution in [2.45, 2.75) is 52.2 Å². The maximum Gasteiger partial charge on any atom is 0.191 e. The van der Waals surface area contributed by atoms with E-state index in [4.69, 9.17) is 9.73 Å². The van der Waals surface area contributed by atoms with Crippen LogP contribution in [0, 0.1) is 17.3 Å². The summed E-state index contributed by atoms with van der Waals surface area (Å²) >= 11 is 0. The van der Waals surface area contributed by atoms with Crippen LogP contribution in [0.3, 0.4) is 0 Å². The Kier molecular flexibility index (Phi) is 7.20. The van der Waals surface area contributed by atoms with E-state index in [2.05, 4.69) is 43.4 Å². The van der Waals surface area contributed by atoms with E-state index < -0.39 is 0 Å². The van der Waals surface area contributed by atoms with Gasteiger partial charge in [0.15, 0.2) is 5.96 Å². The molecule has 3 fully saturated rings. The Morgan fingerprint density at radius 1 is 1.33 bits per heavy atom. The van der Waals surface area contributed by atoms with Gasteiger partial charge in [0.05, 0.1) is 6.10 Å². The second-order valence-corrected chi connectivity index (χ2v) is 8.18. The van der Waals surface area contributed by atoms with E-state index in [0.717, 1.165) is 25.7 Å². The lowest BCUT2D eigenvalue weighted by Gasteiger charge is -2.55. The van der Waals surface area contributed by atoms with Crippen LogP contribution in [0.2, 0.25) is 0 Å². The molecular formula is C18H35IN4O. The molecule has 1 aliphatic carbocycles. The lowest BCUT2D eigenvalue weighted by atomic mass is 9.57. The molecule has 0 aromatic carbocycles. The van der Waals surface area contributed by atoms with Gasteiger partial charge >= 0.3 is 0 Å². The first-order valence-corrected chi connectivity index (χ1v) is 9.37. The highest BCUT2D eigenvalue weighted by molar-refractivity contribution is 14.0. The molecule has 0 spiro atoms. The maximum atomic E-state index is 5.90. The lowest BCUT2D eigenvalue weighted by molar-refractivity contribution is -0.106. The first kappa shape index (κ1) is 20.2. The highest BCUT2D eigenvalue weighted by atomic mass is 127. The quantitative estimate of drug-likeness (QED) is 0.392. The lowest BCUT2D eigenvalue weighted by Crippen LogP contribution is -2.68. The second-order valence-electron chi connectivity index (χ2n) is 8.18. The summed E-state index contributed by atoms with van der Waals surface area (Å²) in [4.78, 5) is 7.33. The molecule has 1 saturated carbocycles. The van der Waals surface area contributed by atoms with E-state index in [1.54, 1.807) is 0 Å². The number of nitrogens with zero attached hydrogens (tertiary/aromatic N) is 2. The van der Waals surface area contributed by atoms with Crippen molar-refractivity contribution in [2.24, 2.45) is 22.2 Å². The van der Waals surface area contributed by atoms with E-state index in [-0.39, 0.29) is 29.4 Å². The minimum atomic E-state index is 0. The standard InChI is InChI=1S/C18H34N4O.HI/c1-5-19-17(20-11-13-7-6-9-22(4)12-13)21-15-14-8-10-23-16(14)18(15,2)3;/h13-16H,5-12H2,1-4H3,(H2,19,20,21);1H. The second kappa shape index (κ2) is 8.54. The van der Waals surface area contributed by atoms with Crippen LogP contribution in [-0.2, 0) is 4.74 Å². The summed E-state index contributed by atoms with van der Waals surface area (Å²) in [5.74, 6) is 2.33. The van der Waals surface area contributed by atoms with Crippen LogP contribution in [0.4, 0.5) is 0 Å². The zero-order valence-corrected chi connectivity index (χ0v) is 18.0. The number of hydrogen-bond acceptors (Lipinski definition) is 3. The molecule has 0 bridgehead atoms. The molecule has 4 atom stereocenters. The molecule has 0 aromatic heterocycles. The van der Waals surface area contributed by atoms with Crippen molar-refractivity contribution >= 4 is 29.9 Å². The molecule has 2 aliphatic heterocycles. The summed E-state index contributed by atoms with van der Waals surface area (Å²) < 4.78 is 5.90. The van der Waals surface area contributed by atoms with Crippen molar-refractivity contribution in [3.05, 3.63) is 0 Å². The van der Waals surface area contributed by atoms with Crippen molar-refractivity contribution in [3.8, 4) is 0 Å². The largest absolute Gasteiger partial charge is 0.377 e. The zero-order valence-electron chi connectivity index (χ0n) is 15.7. The van der Waals surface area contributed by atoms with Gasteiger partial charge < -0.3 is 20.3 Å². The van der Waals surface area contributed by atoms with E-state index in [0.29, 0.717) is 24.0 Å². The normalized spacial score (nSPS) is 35.6.